The van der Waals surface area contributed by atoms with Crippen LogP contribution in [0, 0.1) is 13.8 Å². The summed E-state index contributed by atoms with van der Waals surface area (Å²) in [4.78, 5) is 23.5. The van der Waals surface area contributed by atoms with E-state index >= 15 is 0 Å². The SMILES string of the molecule is Cc1cc(C)cc(NC(=O)c2cnc(N3CCCc4ccccc43)nc2)c1. The number of carbonyl (C=O) groups is 1. The third-order valence-electron chi connectivity index (χ3n) is 4.73. The Balaban J connectivity index is 1.53. The van der Waals surface area contributed by atoms with Gasteiger partial charge >= 0.3 is 0 Å². The van der Waals surface area contributed by atoms with Gasteiger partial charge in [0, 0.05) is 30.3 Å². The number of para-hydroxylation sites is 1. The Kier molecular flexibility index (Phi) is 4.59. The molecule has 0 atom stereocenters. The number of aryl methyl sites for hydroxylation is 3. The summed E-state index contributed by atoms with van der Waals surface area (Å²) in [5.74, 6) is 0.427. The van der Waals surface area contributed by atoms with Gasteiger partial charge in [0.2, 0.25) is 5.95 Å². The molecule has 1 aliphatic rings. The molecule has 2 heterocycles. The zero-order chi connectivity index (χ0) is 18.8. The average molecular weight is 358 g/mol. The van der Waals surface area contributed by atoms with Crippen LogP contribution in [-0.4, -0.2) is 22.4 Å². The van der Waals surface area contributed by atoms with Crippen molar-refractivity contribution in [3.8, 4) is 0 Å². The summed E-state index contributed by atoms with van der Waals surface area (Å²) in [6.07, 6.45) is 5.33. The maximum atomic E-state index is 12.5. The Labute approximate surface area is 159 Å². The van der Waals surface area contributed by atoms with Crippen molar-refractivity contribution >= 4 is 23.2 Å². The Bertz CT molecular complexity index is 962. The lowest BCUT2D eigenvalue weighted by Crippen LogP contribution is -2.26. The highest BCUT2D eigenvalue weighted by atomic mass is 16.1. The molecule has 136 valence electrons. The van der Waals surface area contributed by atoms with Crippen LogP contribution in [0.25, 0.3) is 0 Å². The molecule has 27 heavy (non-hydrogen) atoms. The zero-order valence-corrected chi connectivity index (χ0v) is 15.6. The van der Waals surface area contributed by atoms with E-state index in [0.717, 1.165) is 41.9 Å². The van der Waals surface area contributed by atoms with E-state index < -0.39 is 0 Å². The molecule has 1 aliphatic heterocycles. The van der Waals surface area contributed by atoms with Crippen molar-refractivity contribution in [1.82, 2.24) is 9.97 Å². The van der Waals surface area contributed by atoms with Crippen molar-refractivity contribution in [2.75, 3.05) is 16.8 Å². The van der Waals surface area contributed by atoms with Crippen LogP contribution in [0.5, 0.6) is 0 Å². The van der Waals surface area contributed by atoms with E-state index in [-0.39, 0.29) is 5.91 Å². The largest absolute Gasteiger partial charge is 0.322 e. The molecule has 3 aromatic rings. The van der Waals surface area contributed by atoms with Crippen LogP contribution >= 0.6 is 0 Å². The molecule has 1 amide bonds. The molecule has 1 aromatic heterocycles. The van der Waals surface area contributed by atoms with Crippen LogP contribution in [-0.2, 0) is 6.42 Å². The maximum Gasteiger partial charge on any atom is 0.258 e. The summed E-state index contributed by atoms with van der Waals surface area (Å²) >= 11 is 0. The van der Waals surface area contributed by atoms with Crippen molar-refractivity contribution < 1.29 is 4.79 Å². The number of hydrogen-bond donors (Lipinski definition) is 1. The Hall–Kier alpha value is -3.21. The molecule has 5 heteroatoms. The van der Waals surface area contributed by atoms with Gasteiger partial charge in [-0.1, -0.05) is 24.3 Å². The Morgan fingerprint density at radius 1 is 1.04 bits per heavy atom. The number of amides is 1. The Morgan fingerprint density at radius 2 is 1.74 bits per heavy atom. The summed E-state index contributed by atoms with van der Waals surface area (Å²) in [6.45, 7) is 4.90. The Morgan fingerprint density at radius 3 is 2.48 bits per heavy atom. The molecule has 0 spiro atoms. The molecular formula is C22H22N4O. The first-order valence-electron chi connectivity index (χ1n) is 9.17. The van der Waals surface area contributed by atoms with E-state index in [9.17, 15) is 4.79 Å². The normalized spacial score (nSPS) is 13.2. The molecule has 0 fully saturated rings. The van der Waals surface area contributed by atoms with Gasteiger partial charge in [0.1, 0.15) is 0 Å². The molecule has 0 saturated carbocycles. The minimum absolute atomic E-state index is 0.203. The highest BCUT2D eigenvalue weighted by molar-refractivity contribution is 6.04. The molecule has 2 aromatic carbocycles. The first-order valence-corrected chi connectivity index (χ1v) is 9.17. The molecule has 0 saturated heterocycles. The van der Waals surface area contributed by atoms with Gasteiger partial charge in [-0.3, -0.25) is 4.79 Å². The number of aromatic nitrogens is 2. The van der Waals surface area contributed by atoms with Gasteiger partial charge in [0.05, 0.1) is 5.56 Å². The third-order valence-corrected chi connectivity index (χ3v) is 4.73. The van der Waals surface area contributed by atoms with E-state index in [2.05, 4.69) is 44.5 Å². The predicted octanol–water partition coefficient (Wildman–Crippen LogP) is 4.43. The molecule has 5 nitrogen and oxygen atoms in total. The van der Waals surface area contributed by atoms with Crippen LogP contribution in [0.1, 0.15) is 33.5 Å². The number of benzene rings is 2. The summed E-state index contributed by atoms with van der Waals surface area (Å²) in [5, 5.41) is 2.92. The maximum absolute atomic E-state index is 12.5. The van der Waals surface area contributed by atoms with Gasteiger partial charge in [-0.2, -0.15) is 0 Å². The fraction of sp³-hybridized carbons (Fsp3) is 0.227. The number of anilines is 3. The number of carbonyl (C=O) groups excluding carboxylic acids is 1. The van der Waals surface area contributed by atoms with E-state index in [1.165, 1.54) is 5.56 Å². The van der Waals surface area contributed by atoms with Crippen LogP contribution in [0.2, 0.25) is 0 Å². The number of nitrogens with zero attached hydrogens (tertiary/aromatic N) is 3. The van der Waals surface area contributed by atoms with Crippen molar-refractivity contribution in [3.05, 3.63) is 77.1 Å². The smallest absolute Gasteiger partial charge is 0.258 e. The van der Waals surface area contributed by atoms with Crippen LogP contribution in [0.15, 0.2) is 54.9 Å². The summed E-state index contributed by atoms with van der Waals surface area (Å²) < 4.78 is 0. The topological polar surface area (TPSA) is 58.1 Å². The van der Waals surface area contributed by atoms with Gasteiger partial charge in [-0.05, 0) is 61.6 Å². The van der Waals surface area contributed by atoms with Crippen molar-refractivity contribution in [2.45, 2.75) is 26.7 Å². The summed E-state index contributed by atoms with van der Waals surface area (Å²) in [5.41, 5.74) is 5.91. The van der Waals surface area contributed by atoms with Crippen molar-refractivity contribution in [3.63, 3.8) is 0 Å². The molecule has 0 bridgehead atoms. The standard InChI is InChI=1S/C22H22N4O/c1-15-10-16(2)12-19(11-15)25-21(27)18-13-23-22(24-14-18)26-9-5-7-17-6-3-4-8-20(17)26/h3-4,6,8,10-14H,5,7,9H2,1-2H3,(H,25,27). The van der Waals surface area contributed by atoms with Gasteiger partial charge in [0.15, 0.2) is 0 Å². The quantitative estimate of drug-likeness (QED) is 0.752. The van der Waals surface area contributed by atoms with E-state index in [1.807, 2.05) is 32.0 Å². The van der Waals surface area contributed by atoms with E-state index in [0.29, 0.717) is 11.5 Å². The second-order valence-electron chi connectivity index (χ2n) is 6.99. The van der Waals surface area contributed by atoms with Gasteiger partial charge in [-0.15, -0.1) is 0 Å². The molecular weight excluding hydrogens is 336 g/mol. The second kappa shape index (κ2) is 7.19. The molecule has 0 radical (unpaired) electrons. The fourth-order valence-corrected chi connectivity index (χ4v) is 3.57. The number of rotatable bonds is 3. The second-order valence-corrected chi connectivity index (χ2v) is 6.99. The number of hydrogen-bond acceptors (Lipinski definition) is 4. The summed E-state index contributed by atoms with van der Waals surface area (Å²) in [7, 11) is 0. The monoisotopic (exact) mass is 358 g/mol. The fourth-order valence-electron chi connectivity index (χ4n) is 3.57. The van der Waals surface area contributed by atoms with Crippen LogP contribution < -0.4 is 10.2 Å². The zero-order valence-electron chi connectivity index (χ0n) is 15.6. The minimum atomic E-state index is -0.203. The minimum Gasteiger partial charge on any atom is -0.322 e. The van der Waals surface area contributed by atoms with Crippen molar-refractivity contribution in [1.29, 1.82) is 0 Å². The number of nitrogens with one attached hydrogen (secondary N) is 1. The molecule has 1 N–H and O–H groups in total. The molecule has 4 rings (SSSR count). The lowest BCUT2D eigenvalue weighted by Gasteiger charge is -2.29. The molecule has 0 unspecified atom stereocenters. The highest BCUT2D eigenvalue weighted by Crippen LogP contribution is 2.31. The van der Waals surface area contributed by atoms with Crippen LogP contribution in [0.3, 0.4) is 0 Å². The summed E-state index contributed by atoms with van der Waals surface area (Å²) in [6, 6.07) is 14.3. The lowest BCUT2D eigenvalue weighted by molar-refractivity contribution is 0.102. The van der Waals surface area contributed by atoms with Gasteiger partial charge in [-0.25, -0.2) is 9.97 Å². The molecule has 0 aliphatic carbocycles. The van der Waals surface area contributed by atoms with Crippen LogP contribution in [0.4, 0.5) is 17.3 Å². The van der Waals surface area contributed by atoms with Gasteiger partial charge < -0.3 is 10.2 Å². The highest BCUT2D eigenvalue weighted by Gasteiger charge is 2.20. The predicted molar refractivity (Wildman–Crippen MR) is 108 cm³/mol. The average Bonchev–Trinajstić information content (AvgIpc) is 2.67. The first-order chi connectivity index (χ1) is 13.1. The van der Waals surface area contributed by atoms with E-state index in [1.54, 1.807) is 12.4 Å². The first kappa shape index (κ1) is 17.2. The van der Waals surface area contributed by atoms with E-state index in [4.69, 9.17) is 0 Å². The van der Waals surface area contributed by atoms with Crippen molar-refractivity contribution in [2.24, 2.45) is 0 Å². The third kappa shape index (κ3) is 3.67. The number of fused-ring (bicyclic) bond motifs is 1. The van der Waals surface area contributed by atoms with Gasteiger partial charge in [0.25, 0.3) is 5.91 Å². The lowest BCUT2D eigenvalue weighted by atomic mass is 10.0.